The van der Waals surface area contributed by atoms with E-state index < -0.39 is 33.3 Å². The zero-order valence-electron chi connectivity index (χ0n) is 20.5. The first-order valence-corrected chi connectivity index (χ1v) is 23.7. The van der Waals surface area contributed by atoms with Crippen LogP contribution in [-0.2, 0) is 22.5 Å². The minimum Gasteiger partial charge on any atom is -0.415 e. The number of nitrogens with zero attached hydrogens (tertiary/aromatic N) is 1. The molecule has 0 aromatic rings. The molecule has 0 saturated carbocycles. The topological polar surface area (TPSA) is 58.5 Å². The Kier molecular flexibility index (Phi) is 11.1. The molecule has 0 aromatic carbocycles. The average molecular weight is 468 g/mol. The van der Waals surface area contributed by atoms with Crippen molar-refractivity contribution in [2.75, 3.05) is 13.7 Å². The van der Waals surface area contributed by atoms with Crippen LogP contribution in [0.2, 0.25) is 78.6 Å². The molecule has 168 valence electrons. The molecular weight excluding hydrogens is 423 g/mol. The van der Waals surface area contributed by atoms with E-state index in [1.165, 1.54) is 0 Å². The Labute approximate surface area is 177 Å². The molecule has 0 rings (SSSR count). The van der Waals surface area contributed by atoms with E-state index in [0.29, 0.717) is 6.61 Å². The molecule has 0 aliphatic carbocycles. The fraction of sp³-hybridized carbons (Fsp3) is 0.944. The van der Waals surface area contributed by atoms with Crippen LogP contribution in [0.5, 0.6) is 0 Å². The number of rotatable bonds is 13. The van der Waals surface area contributed by atoms with Crippen molar-refractivity contribution < 1.29 is 22.5 Å². The van der Waals surface area contributed by atoms with E-state index in [9.17, 15) is 0 Å². The summed E-state index contributed by atoms with van der Waals surface area (Å²) in [4.78, 5) is 4.97. The molecule has 0 amide bonds. The monoisotopic (exact) mass is 467 g/mol. The van der Waals surface area contributed by atoms with Gasteiger partial charge in [0.05, 0.1) is 18.9 Å². The van der Waals surface area contributed by atoms with Crippen molar-refractivity contribution in [1.29, 1.82) is 0 Å². The van der Waals surface area contributed by atoms with Crippen LogP contribution in [0.1, 0.15) is 0 Å². The first kappa shape index (κ1) is 28.2. The Balaban J connectivity index is 6.01. The van der Waals surface area contributed by atoms with Crippen molar-refractivity contribution in [2.24, 2.45) is 5.16 Å². The summed E-state index contributed by atoms with van der Waals surface area (Å²) in [5.74, 6) is 0. The van der Waals surface area contributed by atoms with Crippen LogP contribution < -0.4 is 0 Å². The van der Waals surface area contributed by atoms with Crippen molar-refractivity contribution in [3.63, 3.8) is 0 Å². The molecule has 0 bridgehead atoms. The van der Waals surface area contributed by atoms with E-state index in [0.717, 1.165) is 0 Å². The van der Waals surface area contributed by atoms with Crippen LogP contribution in [0.4, 0.5) is 0 Å². The second-order valence-electron chi connectivity index (χ2n) is 11.0. The summed E-state index contributed by atoms with van der Waals surface area (Å²) >= 11 is 0. The summed E-state index contributed by atoms with van der Waals surface area (Å²) in [6.45, 7) is 26.7. The van der Waals surface area contributed by atoms with Crippen molar-refractivity contribution in [2.45, 2.75) is 96.9 Å². The lowest BCUT2D eigenvalue weighted by molar-refractivity contribution is -0.0281. The van der Waals surface area contributed by atoms with Gasteiger partial charge < -0.3 is 22.5 Å². The Bertz CT molecular complexity index is 478. The van der Waals surface area contributed by atoms with E-state index in [4.69, 9.17) is 22.5 Å². The SMILES string of the molecule is CO/N=C/[C@H](O[Si](C)(C)C)[C@H](O[Si](C)(C)C)[C@@H](CO[Si](C)(C)C)O[Si](C)(C)C. The Hall–Kier alpha value is 0.178. The molecule has 3 atom stereocenters. The van der Waals surface area contributed by atoms with E-state index in [1.54, 1.807) is 13.3 Å². The van der Waals surface area contributed by atoms with Crippen LogP contribution in [0.25, 0.3) is 0 Å². The minimum absolute atomic E-state index is 0.213. The maximum atomic E-state index is 6.64. The highest BCUT2D eigenvalue weighted by molar-refractivity contribution is 6.71. The summed E-state index contributed by atoms with van der Waals surface area (Å²) in [5, 5.41) is 4.03. The molecule has 0 fully saturated rings. The predicted molar refractivity (Wildman–Crippen MR) is 129 cm³/mol. The van der Waals surface area contributed by atoms with Crippen LogP contribution in [-0.4, -0.2) is 71.5 Å². The fourth-order valence-electron chi connectivity index (χ4n) is 2.46. The maximum Gasteiger partial charge on any atom is 0.184 e. The van der Waals surface area contributed by atoms with Crippen LogP contribution >= 0.6 is 0 Å². The molecule has 0 N–H and O–H groups in total. The van der Waals surface area contributed by atoms with E-state index in [-0.39, 0.29) is 18.3 Å². The van der Waals surface area contributed by atoms with Crippen molar-refractivity contribution in [3.05, 3.63) is 0 Å². The van der Waals surface area contributed by atoms with Gasteiger partial charge in [0.1, 0.15) is 19.3 Å². The minimum atomic E-state index is -1.89. The summed E-state index contributed by atoms with van der Waals surface area (Å²) in [7, 11) is -5.75. The maximum absolute atomic E-state index is 6.64. The third kappa shape index (κ3) is 15.1. The van der Waals surface area contributed by atoms with Gasteiger partial charge in [0, 0.05) is 0 Å². The van der Waals surface area contributed by atoms with E-state index in [1.807, 2.05) is 0 Å². The first-order valence-electron chi connectivity index (χ1n) is 10.1. The van der Waals surface area contributed by atoms with Gasteiger partial charge in [-0.25, -0.2) is 0 Å². The highest BCUT2D eigenvalue weighted by Gasteiger charge is 2.40. The summed E-state index contributed by atoms with van der Waals surface area (Å²) in [6, 6.07) is 0. The Morgan fingerprint density at radius 3 is 1.50 bits per heavy atom. The van der Waals surface area contributed by atoms with Gasteiger partial charge >= 0.3 is 0 Å². The highest BCUT2D eigenvalue weighted by atomic mass is 28.4. The number of hydrogen-bond donors (Lipinski definition) is 0. The van der Waals surface area contributed by atoms with Gasteiger partial charge in [0.2, 0.25) is 0 Å². The first-order chi connectivity index (χ1) is 12.3. The van der Waals surface area contributed by atoms with Gasteiger partial charge in [0.15, 0.2) is 33.3 Å². The molecular formula is C18H45NO5Si4. The van der Waals surface area contributed by atoms with E-state index in [2.05, 4.69) is 83.7 Å². The number of oxime groups is 1. The van der Waals surface area contributed by atoms with Crippen molar-refractivity contribution >= 4 is 39.5 Å². The normalized spacial score (nSPS) is 17.6. The molecule has 0 radical (unpaired) electrons. The molecule has 0 unspecified atom stereocenters. The van der Waals surface area contributed by atoms with Gasteiger partial charge in [-0.1, -0.05) is 5.16 Å². The second-order valence-corrected chi connectivity index (χ2v) is 28.9. The zero-order valence-corrected chi connectivity index (χ0v) is 24.5. The largest absolute Gasteiger partial charge is 0.415 e. The lowest BCUT2D eigenvalue weighted by atomic mass is 10.1. The molecule has 0 spiro atoms. The Morgan fingerprint density at radius 2 is 1.14 bits per heavy atom. The third-order valence-corrected chi connectivity index (χ3v) is 7.17. The van der Waals surface area contributed by atoms with Crippen LogP contribution in [0, 0.1) is 0 Å². The molecule has 0 aliphatic heterocycles. The molecule has 0 saturated heterocycles. The quantitative estimate of drug-likeness (QED) is 0.213. The van der Waals surface area contributed by atoms with Gasteiger partial charge in [-0.2, -0.15) is 0 Å². The van der Waals surface area contributed by atoms with Crippen molar-refractivity contribution in [1.82, 2.24) is 0 Å². The summed E-state index contributed by atoms with van der Waals surface area (Å²) < 4.78 is 26.0. The highest BCUT2D eigenvalue weighted by Crippen LogP contribution is 2.24. The molecule has 28 heavy (non-hydrogen) atoms. The smallest absolute Gasteiger partial charge is 0.184 e. The molecule has 10 heteroatoms. The number of hydrogen-bond acceptors (Lipinski definition) is 6. The lowest BCUT2D eigenvalue weighted by Crippen LogP contribution is -2.55. The lowest BCUT2D eigenvalue weighted by Gasteiger charge is -2.41. The average Bonchev–Trinajstić information content (AvgIpc) is 2.41. The fourth-order valence-corrected chi connectivity index (χ4v) is 6.34. The van der Waals surface area contributed by atoms with Crippen molar-refractivity contribution in [3.8, 4) is 0 Å². The standard InChI is InChI=1S/C18H45NO5Si4/c1-20-19-14-16(22-26(5,6)7)18(24-28(11,12)13)17(23-27(8,9)10)15-21-25(2,3)4/h14,16-18H,15H2,1-13H3/b19-14+/t16-,17+,18-/m0/s1. The van der Waals surface area contributed by atoms with Gasteiger partial charge in [-0.15, -0.1) is 0 Å². The van der Waals surface area contributed by atoms with Crippen LogP contribution in [0.3, 0.4) is 0 Å². The van der Waals surface area contributed by atoms with Gasteiger partial charge in [0.25, 0.3) is 0 Å². The van der Waals surface area contributed by atoms with Gasteiger partial charge in [-0.05, 0) is 78.6 Å². The molecule has 0 aliphatic rings. The van der Waals surface area contributed by atoms with Crippen LogP contribution in [0.15, 0.2) is 5.16 Å². The summed E-state index contributed by atoms with van der Waals surface area (Å²) in [6.07, 6.45) is 0.873. The zero-order chi connectivity index (χ0) is 22.4. The molecule has 0 aromatic heterocycles. The second kappa shape index (κ2) is 11.0. The third-order valence-electron chi connectivity index (χ3n) is 3.17. The summed E-state index contributed by atoms with van der Waals surface area (Å²) in [5.41, 5.74) is 0. The van der Waals surface area contributed by atoms with Gasteiger partial charge in [-0.3, -0.25) is 0 Å². The molecule has 6 nitrogen and oxygen atoms in total. The molecule has 0 heterocycles. The van der Waals surface area contributed by atoms with E-state index >= 15 is 0 Å². The Morgan fingerprint density at radius 1 is 0.679 bits per heavy atom. The predicted octanol–water partition coefficient (Wildman–Crippen LogP) is 5.13.